The molecular formula is H5FNO4P-2. The molecule has 0 saturated carbocycles. The first-order valence-electron chi connectivity index (χ1n) is 0.730. The molecule has 0 aromatic carbocycles. The van der Waals surface area contributed by atoms with E-state index in [2.05, 4.69) is 0 Å². The van der Waals surface area contributed by atoms with Crippen LogP contribution in [0.1, 0.15) is 1.43 Å². The Hall–Kier alpha value is -0.0000000000000000486. The molecule has 0 aliphatic rings. The lowest BCUT2D eigenvalue weighted by Crippen LogP contribution is -3.00. The van der Waals surface area contributed by atoms with E-state index >= 15 is 0 Å². The predicted octanol–water partition coefficient (Wildman–Crippen LogP) is -5.33. The van der Waals surface area contributed by atoms with Gasteiger partial charge in [-0.05, 0) is 0 Å². The van der Waals surface area contributed by atoms with Crippen molar-refractivity contribution in [3.8, 4) is 0 Å². The minimum absolute atomic E-state index is 0. The molecule has 0 atom stereocenters. The Morgan fingerprint density at radius 3 is 1.29 bits per heavy atom. The van der Waals surface area contributed by atoms with Gasteiger partial charge in [-0.25, -0.2) is 0 Å². The monoisotopic (exact) mass is 133 g/mol. The Morgan fingerprint density at radius 1 is 1.29 bits per heavy atom. The van der Waals surface area contributed by atoms with Crippen LogP contribution < -0.4 is 25.5 Å². The summed E-state index contributed by atoms with van der Waals surface area (Å²) in [5.41, 5.74) is 0. The molecule has 0 amide bonds. The Kier molecular flexibility index (Phi) is 9.38. The minimum Gasteiger partial charge on any atom is -1.00 e. The van der Waals surface area contributed by atoms with Crippen LogP contribution in [0.5, 0.6) is 0 Å². The van der Waals surface area contributed by atoms with Crippen LogP contribution in [0, 0.1) is 0 Å². The molecule has 0 saturated heterocycles. The number of hydrogen-bond acceptors (Lipinski definition) is 4. The smallest absolute Gasteiger partial charge is 1.00 e. The zero-order chi connectivity index (χ0) is 4.50. The van der Waals surface area contributed by atoms with Crippen molar-refractivity contribution in [3.63, 3.8) is 0 Å². The summed E-state index contributed by atoms with van der Waals surface area (Å²) < 4.78 is 8.55. The van der Waals surface area contributed by atoms with Gasteiger partial charge in [0.15, 0.2) is 0 Å². The third-order valence-electron chi connectivity index (χ3n) is 0. The van der Waals surface area contributed by atoms with Crippen LogP contribution in [0.4, 0.5) is 0 Å². The highest BCUT2D eigenvalue weighted by Crippen LogP contribution is 2.03. The molecule has 0 aromatic heterocycles. The van der Waals surface area contributed by atoms with E-state index in [0.717, 1.165) is 0 Å². The molecule has 48 valence electrons. The normalized spacial score (nSPS) is 8.43. The summed E-state index contributed by atoms with van der Waals surface area (Å²) in [5.74, 6) is 0. The molecule has 0 aliphatic carbocycles. The maximum absolute atomic E-state index is 8.55. The summed E-state index contributed by atoms with van der Waals surface area (Å²) in [6, 6.07) is 0. The Morgan fingerprint density at radius 2 is 1.29 bits per heavy atom. The average Bonchev–Trinajstić information content (AvgIpc) is 0.722. The van der Waals surface area contributed by atoms with Gasteiger partial charge in [-0.3, -0.25) is 0 Å². The molecule has 0 aromatic rings. The third kappa shape index (κ3) is 40699999999999999571940233313255424. The van der Waals surface area contributed by atoms with Crippen molar-refractivity contribution in [3.05, 3.63) is 0 Å². The van der Waals surface area contributed by atoms with Crippen LogP contribution in [0.25, 0.3) is 0 Å². The summed E-state index contributed by atoms with van der Waals surface area (Å²) in [4.78, 5) is 25.6. The Bertz CT molecular complexity index is 62.2. The van der Waals surface area contributed by atoms with Gasteiger partial charge in [-0.1, -0.05) is 0 Å². The minimum atomic E-state index is -5.39. The van der Waals surface area contributed by atoms with Crippen molar-refractivity contribution in [2.75, 3.05) is 0 Å². The fraction of sp³-hybridized carbons (Fsp3) is 0. The fourth-order valence-electron chi connectivity index (χ4n) is 0. The summed E-state index contributed by atoms with van der Waals surface area (Å²) in [6.45, 7) is 0. The molecule has 0 aliphatic heterocycles. The van der Waals surface area contributed by atoms with Crippen molar-refractivity contribution in [1.29, 1.82) is 0 Å². The van der Waals surface area contributed by atoms with Crippen molar-refractivity contribution in [1.82, 2.24) is 6.15 Å². The molecule has 7 heteroatoms. The standard InChI is InChI=1S/FH.H3N.H3O4P/c;;1-5(2,3)4/h1H;1H3;(H3,1,2,3,4)/p-2. The van der Waals surface area contributed by atoms with Gasteiger partial charge in [0, 0.05) is 0 Å². The van der Waals surface area contributed by atoms with Gasteiger partial charge in [0.25, 0.3) is 0 Å². The molecule has 0 spiro atoms. The molecule has 0 heterocycles. The molecular weight excluding hydrogens is 128 g/mol. The van der Waals surface area contributed by atoms with Crippen LogP contribution in [-0.4, -0.2) is 0 Å². The van der Waals surface area contributed by atoms with Gasteiger partial charge in [-0.15, -0.1) is 0 Å². The number of quaternary nitrogens is 1. The van der Waals surface area contributed by atoms with E-state index in [0.29, 0.717) is 0 Å². The number of phosphoric acid groups is 1. The van der Waals surface area contributed by atoms with Crippen molar-refractivity contribution in [2.24, 2.45) is 0 Å². The summed E-state index contributed by atoms with van der Waals surface area (Å²) in [5, 5.41) is 0. The van der Waals surface area contributed by atoms with E-state index in [1.54, 1.807) is 0 Å². The lowest BCUT2D eigenvalue weighted by atomic mass is 14.0. The van der Waals surface area contributed by atoms with Crippen LogP contribution >= 0.6 is 7.82 Å². The third-order valence-corrected chi connectivity index (χ3v) is 0. The molecule has 0 fully saturated rings. The lowest BCUT2D eigenvalue weighted by Gasteiger charge is -2.36. The average molecular weight is 133 g/mol. The van der Waals surface area contributed by atoms with Gasteiger partial charge in [0.05, 0.1) is 0 Å². The lowest BCUT2D eigenvalue weighted by molar-refractivity contribution is -0.432. The first-order chi connectivity index (χ1) is 2.00. The van der Waals surface area contributed by atoms with Gasteiger partial charge < -0.3 is 30.1 Å². The molecule has 7 heavy (non-hydrogen) atoms. The van der Waals surface area contributed by atoms with Gasteiger partial charge in [-0.2, -0.15) is 7.82 Å². The molecule has 0 unspecified atom stereocenters. The van der Waals surface area contributed by atoms with E-state index in [-0.39, 0.29) is 12.3 Å². The van der Waals surface area contributed by atoms with Crippen molar-refractivity contribution < 1.29 is 25.4 Å². The second-order valence-corrected chi connectivity index (χ2v) is 1.34. The fourth-order valence-corrected chi connectivity index (χ4v) is 0. The van der Waals surface area contributed by atoms with E-state index in [9.17, 15) is 0 Å². The maximum Gasteiger partial charge on any atom is 1.00 e. The van der Waals surface area contributed by atoms with E-state index in [1.807, 2.05) is 0 Å². The van der Waals surface area contributed by atoms with Gasteiger partial charge in [0.1, 0.15) is 0 Å². The van der Waals surface area contributed by atoms with Crippen LogP contribution in [0.3, 0.4) is 0 Å². The molecule has 5 nitrogen and oxygen atoms in total. The highest BCUT2D eigenvalue weighted by atomic mass is 31.2. The van der Waals surface area contributed by atoms with E-state index in [1.165, 1.54) is 0 Å². The van der Waals surface area contributed by atoms with Crippen LogP contribution in [0.15, 0.2) is 0 Å². The molecule has 0 rings (SSSR count). The Labute approximate surface area is 40.7 Å². The van der Waals surface area contributed by atoms with E-state index < -0.39 is 7.82 Å². The summed E-state index contributed by atoms with van der Waals surface area (Å²) in [6.07, 6.45) is 0. The number of hydrogen-bond donors (Lipinski definition) is 1. The van der Waals surface area contributed by atoms with Crippen molar-refractivity contribution >= 4 is 7.82 Å². The largest absolute Gasteiger partial charge is 1.00 e. The molecule has 4 N–H and O–H groups in total. The predicted molar refractivity (Wildman–Crippen MR) is 14.7 cm³/mol. The molecule has 0 bridgehead atoms. The van der Waals surface area contributed by atoms with Crippen LogP contribution in [-0.2, 0) is 4.57 Å². The number of halogens is 1. The van der Waals surface area contributed by atoms with Gasteiger partial charge in [0.2, 0.25) is 0 Å². The highest BCUT2D eigenvalue weighted by Gasteiger charge is 1.44. The van der Waals surface area contributed by atoms with Crippen molar-refractivity contribution in [2.45, 2.75) is 0 Å². The number of rotatable bonds is 0. The molecule has 0 radical (unpaired) electrons. The van der Waals surface area contributed by atoms with E-state index in [4.69, 9.17) is 19.2 Å². The SMILES string of the molecule is O=P([O-])([O-])[O-].[F-].[H+].[NH4+]. The first-order valence-corrected chi connectivity index (χ1v) is 2.19. The first kappa shape index (κ1) is 15.8. The van der Waals surface area contributed by atoms with Crippen LogP contribution in [0.2, 0.25) is 0 Å². The second-order valence-electron chi connectivity index (χ2n) is 0.447. The summed E-state index contributed by atoms with van der Waals surface area (Å²) in [7, 11) is -5.39. The zero-order valence-corrected chi connectivity index (χ0v) is 4.35. The quantitative estimate of drug-likeness (QED) is 0.331. The van der Waals surface area contributed by atoms with Gasteiger partial charge >= 0.3 is 1.43 Å². The second kappa shape index (κ2) is 4.17. The highest BCUT2D eigenvalue weighted by molar-refractivity contribution is 7.40. The zero-order valence-electron chi connectivity index (χ0n) is 4.46. The maximum atomic E-state index is 8.55. The summed E-state index contributed by atoms with van der Waals surface area (Å²) >= 11 is 0. The Balaban J connectivity index is -0.0000000267. The topological polar surface area (TPSA) is 123 Å².